The third-order valence-corrected chi connectivity index (χ3v) is 1.89. The SMILES string of the molecule is C[C@H]1C[C@@H]1c1ncn[nH]1. The minimum Gasteiger partial charge on any atom is -0.263 e. The van der Waals surface area contributed by atoms with Crippen LogP contribution in [0.5, 0.6) is 0 Å². The molecule has 1 N–H and O–H groups in total. The summed E-state index contributed by atoms with van der Waals surface area (Å²) < 4.78 is 0. The van der Waals surface area contributed by atoms with Crippen molar-refractivity contribution in [3.8, 4) is 0 Å². The summed E-state index contributed by atoms with van der Waals surface area (Å²) >= 11 is 0. The number of hydrogen-bond acceptors (Lipinski definition) is 2. The van der Waals surface area contributed by atoms with Crippen LogP contribution in [0.15, 0.2) is 6.33 Å². The summed E-state index contributed by atoms with van der Waals surface area (Å²) in [5.74, 6) is 2.55. The third kappa shape index (κ3) is 0.724. The van der Waals surface area contributed by atoms with Gasteiger partial charge < -0.3 is 0 Å². The molecule has 1 fully saturated rings. The number of rotatable bonds is 1. The molecule has 0 aromatic carbocycles. The predicted molar refractivity (Wildman–Crippen MR) is 32.9 cm³/mol. The Morgan fingerprint density at radius 1 is 1.78 bits per heavy atom. The molecule has 3 nitrogen and oxygen atoms in total. The first kappa shape index (κ1) is 4.97. The second-order valence-corrected chi connectivity index (χ2v) is 2.69. The molecule has 0 spiro atoms. The first-order valence-electron chi connectivity index (χ1n) is 3.23. The molecule has 3 heteroatoms. The van der Waals surface area contributed by atoms with Gasteiger partial charge in [0.05, 0.1) is 0 Å². The molecule has 1 aromatic rings. The van der Waals surface area contributed by atoms with Crippen molar-refractivity contribution in [3.05, 3.63) is 12.2 Å². The van der Waals surface area contributed by atoms with Crippen LogP contribution in [0.25, 0.3) is 0 Å². The average Bonchev–Trinajstić information content (AvgIpc) is 2.44. The number of nitrogens with zero attached hydrogens (tertiary/aromatic N) is 2. The molecule has 2 atom stereocenters. The van der Waals surface area contributed by atoms with Gasteiger partial charge in [-0.2, -0.15) is 5.10 Å². The normalized spacial score (nSPS) is 32.6. The molecule has 48 valence electrons. The minimum atomic E-state index is 0.674. The summed E-state index contributed by atoms with van der Waals surface area (Å²) in [4.78, 5) is 4.06. The van der Waals surface area contributed by atoms with Gasteiger partial charge in [0.15, 0.2) is 0 Å². The van der Waals surface area contributed by atoms with Crippen molar-refractivity contribution in [2.24, 2.45) is 5.92 Å². The maximum absolute atomic E-state index is 4.06. The Bertz CT molecular complexity index is 192. The highest BCUT2D eigenvalue weighted by Gasteiger charge is 2.36. The third-order valence-electron chi connectivity index (χ3n) is 1.89. The van der Waals surface area contributed by atoms with Crippen LogP contribution in [0.4, 0.5) is 0 Å². The second-order valence-electron chi connectivity index (χ2n) is 2.69. The Morgan fingerprint density at radius 2 is 2.56 bits per heavy atom. The Balaban J connectivity index is 2.18. The molecule has 1 aliphatic rings. The fourth-order valence-electron chi connectivity index (χ4n) is 1.10. The molecular formula is C6H9N3. The van der Waals surface area contributed by atoms with Crippen molar-refractivity contribution in [2.45, 2.75) is 19.3 Å². The highest BCUT2D eigenvalue weighted by Crippen LogP contribution is 2.44. The van der Waals surface area contributed by atoms with E-state index in [1.54, 1.807) is 6.33 Å². The lowest BCUT2D eigenvalue weighted by Crippen LogP contribution is -1.83. The van der Waals surface area contributed by atoms with Crippen molar-refractivity contribution in [2.75, 3.05) is 0 Å². The lowest BCUT2D eigenvalue weighted by atomic mass is 10.3. The van der Waals surface area contributed by atoms with Gasteiger partial charge in [0.25, 0.3) is 0 Å². The quantitative estimate of drug-likeness (QED) is 0.603. The Morgan fingerprint density at radius 3 is 3.00 bits per heavy atom. The number of nitrogens with one attached hydrogen (secondary N) is 1. The summed E-state index contributed by atoms with van der Waals surface area (Å²) in [6.07, 6.45) is 2.84. The van der Waals surface area contributed by atoms with E-state index >= 15 is 0 Å². The summed E-state index contributed by atoms with van der Waals surface area (Å²) in [5, 5.41) is 6.65. The van der Waals surface area contributed by atoms with Crippen LogP contribution in [0.2, 0.25) is 0 Å². The van der Waals surface area contributed by atoms with E-state index in [0.717, 1.165) is 11.7 Å². The Labute approximate surface area is 53.5 Å². The molecule has 0 amide bonds. The summed E-state index contributed by atoms with van der Waals surface area (Å²) in [5.41, 5.74) is 0. The van der Waals surface area contributed by atoms with E-state index in [4.69, 9.17) is 0 Å². The van der Waals surface area contributed by atoms with E-state index in [9.17, 15) is 0 Å². The van der Waals surface area contributed by atoms with Gasteiger partial charge in [0.1, 0.15) is 12.2 Å². The summed E-state index contributed by atoms with van der Waals surface area (Å²) in [6.45, 7) is 2.23. The molecule has 1 heterocycles. The fraction of sp³-hybridized carbons (Fsp3) is 0.667. The topological polar surface area (TPSA) is 41.6 Å². The largest absolute Gasteiger partial charge is 0.263 e. The molecule has 1 aliphatic carbocycles. The Hall–Kier alpha value is -0.860. The van der Waals surface area contributed by atoms with Gasteiger partial charge in [-0.1, -0.05) is 6.92 Å². The molecule has 0 aliphatic heterocycles. The van der Waals surface area contributed by atoms with E-state index in [0.29, 0.717) is 5.92 Å². The molecule has 0 saturated heterocycles. The zero-order chi connectivity index (χ0) is 6.27. The van der Waals surface area contributed by atoms with E-state index in [1.165, 1.54) is 6.42 Å². The number of aromatic amines is 1. The summed E-state index contributed by atoms with van der Waals surface area (Å²) in [7, 11) is 0. The minimum absolute atomic E-state index is 0.674. The van der Waals surface area contributed by atoms with Gasteiger partial charge >= 0.3 is 0 Å². The molecular weight excluding hydrogens is 114 g/mol. The first-order chi connectivity index (χ1) is 4.38. The molecule has 0 unspecified atom stereocenters. The van der Waals surface area contributed by atoms with Crippen LogP contribution in [-0.4, -0.2) is 15.2 Å². The van der Waals surface area contributed by atoms with Crippen LogP contribution in [0.3, 0.4) is 0 Å². The summed E-state index contributed by atoms with van der Waals surface area (Å²) in [6, 6.07) is 0. The molecule has 2 rings (SSSR count). The van der Waals surface area contributed by atoms with Gasteiger partial charge in [-0.05, 0) is 12.3 Å². The molecule has 0 bridgehead atoms. The van der Waals surface area contributed by atoms with Crippen LogP contribution in [0.1, 0.15) is 25.1 Å². The highest BCUT2D eigenvalue weighted by atomic mass is 15.2. The zero-order valence-electron chi connectivity index (χ0n) is 5.33. The van der Waals surface area contributed by atoms with Gasteiger partial charge in [-0.25, -0.2) is 4.98 Å². The zero-order valence-corrected chi connectivity index (χ0v) is 5.33. The molecule has 1 aromatic heterocycles. The van der Waals surface area contributed by atoms with Crippen molar-refractivity contribution >= 4 is 0 Å². The number of H-pyrrole nitrogens is 1. The maximum atomic E-state index is 4.06. The van der Waals surface area contributed by atoms with Gasteiger partial charge in [-0.15, -0.1) is 0 Å². The van der Waals surface area contributed by atoms with Crippen molar-refractivity contribution in [3.63, 3.8) is 0 Å². The van der Waals surface area contributed by atoms with Gasteiger partial charge in [0, 0.05) is 5.92 Å². The van der Waals surface area contributed by atoms with Gasteiger partial charge in [0.2, 0.25) is 0 Å². The maximum Gasteiger partial charge on any atom is 0.137 e. The highest BCUT2D eigenvalue weighted by molar-refractivity contribution is 5.06. The molecule has 9 heavy (non-hydrogen) atoms. The average molecular weight is 123 g/mol. The number of hydrogen-bond donors (Lipinski definition) is 1. The van der Waals surface area contributed by atoms with E-state index in [-0.39, 0.29) is 0 Å². The van der Waals surface area contributed by atoms with Gasteiger partial charge in [-0.3, -0.25) is 5.10 Å². The monoisotopic (exact) mass is 123 g/mol. The van der Waals surface area contributed by atoms with Crippen LogP contribution >= 0.6 is 0 Å². The first-order valence-corrected chi connectivity index (χ1v) is 3.23. The van der Waals surface area contributed by atoms with Crippen molar-refractivity contribution < 1.29 is 0 Å². The van der Waals surface area contributed by atoms with Crippen molar-refractivity contribution in [1.29, 1.82) is 0 Å². The standard InChI is InChI=1S/C6H9N3/c1-4-2-5(4)6-7-3-8-9-6/h3-5H,2H2,1H3,(H,7,8,9)/t4-,5-/m0/s1. The fourth-order valence-corrected chi connectivity index (χ4v) is 1.10. The smallest absolute Gasteiger partial charge is 0.137 e. The van der Waals surface area contributed by atoms with Crippen LogP contribution in [-0.2, 0) is 0 Å². The van der Waals surface area contributed by atoms with E-state index in [2.05, 4.69) is 22.1 Å². The van der Waals surface area contributed by atoms with Crippen LogP contribution < -0.4 is 0 Å². The molecule has 1 saturated carbocycles. The Kier molecular flexibility index (Phi) is 0.860. The lowest BCUT2D eigenvalue weighted by molar-refractivity contribution is 0.848. The van der Waals surface area contributed by atoms with E-state index < -0.39 is 0 Å². The predicted octanol–water partition coefficient (Wildman–Crippen LogP) is 0.928. The number of aromatic nitrogens is 3. The molecule has 0 radical (unpaired) electrons. The lowest BCUT2D eigenvalue weighted by Gasteiger charge is -1.84. The van der Waals surface area contributed by atoms with Crippen molar-refractivity contribution in [1.82, 2.24) is 15.2 Å². The van der Waals surface area contributed by atoms with Crippen LogP contribution in [0, 0.1) is 5.92 Å². The van der Waals surface area contributed by atoms with E-state index in [1.807, 2.05) is 0 Å². The second kappa shape index (κ2) is 1.56.